The van der Waals surface area contributed by atoms with Gasteiger partial charge in [-0.2, -0.15) is 0 Å². The van der Waals surface area contributed by atoms with Gasteiger partial charge in [0.15, 0.2) is 0 Å². The van der Waals surface area contributed by atoms with E-state index in [1.165, 1.54) is 0 Å². The molecule has 0 saturated carbocycles. The van der Waals surface area contributed by atoms with E-state index >= 15 is 0 Å². The van der Waals surface area contributed by atoms with Gasteiger partial charge in [0.2, 0.25) is 0 Å². The zero-order chi connectivity index (χ0) is 11.3. The Labute approximate surface area is 98.6 Å². The molecule has 0 saturated heterocycles. The Balaban J connectivity index is 2.64. The Bertz CT molecular complexity index is 317. The number of aliphatic hydroxyl groups excluding tert-OH is 1. The minimum atomic E-state index is -0.310. The van der Waals surface area contributed by atoms with Crippen LogP contribution in [0.25, 0.3) is 0 Å². The first kappa shape index (κ1) is 12.3. The predicted octanol–water partition coefficient (Wildman–Crippen LogP) is 2.64. The van der Waals surface area contributed by atoms with Gasteiger partial charge >= 0.3 is 0 Å². The fourth-order valence-corrected chi connectivity index (χ4v) is 1.63. The Morgan fingerprint density at radius 1 is 1.47 bits per heavy atom. The van der Waals surface area contributed by atoms with E-state index in [1.54, 1.807) is 7.11 Å². The lowest BCUT2D eigenvalue weighted by atomic mass is 10.2. The average molecular weight is 274 g/mol. The standard InChI is InChI=1S/C11H16BrNO2/c1-3-10(14)7-13-9-4-8(12)5-11(6-9)15-2/h4-6,10,13-14H,3,7H2,1-2H3. The maximum atomic E-state index is 9.41. The molecule has 0 radical (unpaired) electrons. The summed E-state index contributed by atoms with van der Waals surface area (Å²) >= 11 is 3.40. The lowest BCUT2D eigenvalue weighted by Crippen LogP contribution is -2.18. The molecule has 1 aromatic carbocycles. The molecule has 0 bridgehead atoms. The zero-order valence-corrected chi connectivity index (χ0v) is 10.5. The molecule has 3 nitrogen and oxygen atoms in total. The maximum absolute atomic E-state index is 9.41. The van der Waals surface area contributed by atoms with Gasteiger partial charge in [-0.3, -0.25) is 0 Å². The van der Waals surface area contributed by atoms with Gasteiger partial charge in [-0.05, 0) is 18.6 Å². The van der Waals surface area contributed by atoms with Crippen molar-refractivity contribution >= 4 is 21.6 Å². The number of benzene rings is 1. The van der Waals surface area contributed by atoms with E-state index in [4.69, 9.17) is 4.74 Å². The number of hydrogen-bond acceptors (Lipinski definition) is 3. The van der Waals surface area contributed by atoms with Crippen LogP contribution >= 0.6 is 15.9 Å². The molecule has 1 aromatic rings. The van der Waals surface area contributed by atoms with Crippen LogP contribution < -0.4 is 10.1 Å². The Morgan fingerprint density at radius 2 is 2.20 bits per heavy atom. The van der Waals surface area contributed by atoms with Crippen LogP contribution in [0.5, 0.6) is 5.75 Å². The van der Waals surface area contributed by atoms with Gasteiger partial charge in [-0.15, -0.1) is 0 Å². The molecule has 1 rings (SSSR count). The largest absolute Gasteiger partial charge is 0.497 e. The van der Waals surface area contributed by atoms with E-state index in [9.17, 15) is 5.11 Å². The van der Waals surface area contributed by atoms with Crippen LogP contribution in [0.3, 0.4) is 0 Å². The van der Waals surface area contributed by atoms with E-state index in [0.29, 0.717) is 6.54 Å². The highest BCUT2D eigenvalue weighted by Crippen LogP contribution is 2.24. The Morgan fingerprint density at radius 3 is 2.80 bits per heavy atom. The van der Waals surface area contributed by atoms with Crippen molar-refractivity contribution in [3.8, 4) is 5.75 Å². The van der Waals surface area contributed by atoms with Gasteiger partial charge in [-0.25, -0.2) is 0 Å². The monoisotopic (exact) mass is 273 g/mol. The number of methoxy groups -OCH3 is 1. The van der Waals surface area contributed by atoms with Crippen molar-refractivity contribution in [3.05, 3.63) is 22.7 Å². The van der Waals surface area contributed by atoms with Crippen molar-refractivity contribution in [1.82, 2.24) is 0 Å². The van der Waals surface area contributed by atoms with E-state index in [0.717, 1.165) is 22.3 Å². The molecule has 4 heteroatoms. The highest BCUT2D eigenvalue weighted by atomic mass is 79.9. The summed E-state index contributed by atoms with van der Waals surface area (Å²) in [7, 11) is 1.63. The van der Waals surface area contributed by atoms with E-state index in [1.807, 2.05) is 25.1 Å². The molecule has 2 N–H and O–H groups in total. The van der Waals surface area contributed by atoms with Crippen LogP contribution in [0, 0.1) is 0 Å². The lowest BCUT2D eigenvalue weighted by Gasteiger charge is -2.12. The quantitative estimate of drug-likeness (QED) is 0.867. The highest BCUT2D eigenvalue weighted by molar-refractivity contribution is 9.10. The Kier molecular flexibility index (Phi) is 4.91. The summed E-state index contributed by atoms with van der Waals surface area (Å²) in [5.41, 5.74) is 0.939. The van der Waals surface area contributed by atoms with Crippen LogP contribution in [-0.4, -0.2) is 24.9 Å². The molecule has 84 valence electrons. The molecule has 0 aliphatic heterocycles. The second kappa shape index (κ2) is 5.98. The molecular weight excluding hydrogens is 258 g/mol. The average Bonchev–Trinajstić information content (AvgIpc) is 2.25. The number of aliphatic hydroxyl groups is 1. The number of hydrogen-bond donors (Lipinski definition) is 2. The van der Waals surface area contributed by atoms with Crippen molar-refractivity contribution in [2.75, 3.05) is 19.0 Å². The van der Waals surface area contributed by atoms with Crippen molar-refractivity contribution < 1.29 is 9.84 Å². The second-order valence-corrected chi connectivity index (χ2v) is 4.24. The Hall–Kier alpha value is -0.740. The molecule has 0 spiro atoms. The zero-order valence-electron chi connectivity index (χ0n) is 8.96. The molecule has 1 atom stereocenters. The molecule has 0 heterocycles. The molecule has 15 heavy (non-hydrogen) atoms. The predicted molar refractivity (Wildman–Crippen MR) is 65.5 cm³/mol. The van der Waals surface area contributed by atoms with E-state index in [2.05, 4.69) is 21.2 Å². The number of nitrogens with one attached hydrogen (secondary N) is 1. The van der Waals surface area contributed by atoms with Crippen LogP contribution in [0.2, 0.25) is 0 Å². The SMILES string of the molecule is CCC(O)CNc1cc(Br)cc(OC)c1. The molecule has 0 aromatic heterocycles. The van der Waals surface area contributed by atoms with Crippen molar-refractivity contribution in [2.24, 2.45) is 0 Å². The third kappa shape index (κ3) is 4.10. The highest BCUT2D eigenvalue weighted by Gasteiger charge is 2.02. The minimum absolute atomic E-state index is 0.310. The van der Waals surface area contributed by atoms with Gasteiger partial charge in [-0.1, -0.05) is 22.9 Å². The molecule has 0 aliphatic rings. The third-order valence-electron chi connectivity index (χ3n) is 2.12. The first-order valence-electron chi connectivity index (χ1n) is 4.92. The minimum Gasteiger partial charge on any atom is -0.497 e. The third-order valence-corrected chi connectivity index (χ3v) is 2.58. The van der Waals surface area contributed by atoms with Crippen LogP contribution in [0.4, 0.5) is 5.69 Å². The van der Waals surface area contributed by atoms with Gasteiger partial charge in [0.05, 0.1) is 13.2 Å². The summed E-state index contributed by atoms with van der Waals surface area (Å²) in [5, 5.41) is 12.6. The summed E-state index contributed by atoms with van der Waals surface area (Å²) in [4.78, 5) is 0. The topological polar surface area (TPSA) is 41.5 Å². The maximum Gasteiger partial charge on any atom is 0.122 e. The van der Waals surface area contributed by atoms with E-state index < -0.39 is 0 Å². The van der Waals surface area contributed by atoms with Crippen molar-refractivity contribution in [2.45, 2.75) is 19.4 Å². The lowest BCUT2D eigenvalue weighted by molar-refractivity contribution is 0.183. The number of ether oxygens (including phenoxy) is 1. The van der Waals surface area contributed by atoms with Gasteiger partial charge in [0.25, 0.3) is 0 Å². The molecule has 0 fully saturated rings. The fourth-order valence-electron chi connectivity index (χ4n) is 1.16. The normalized spacial score (nSPS) is 12.3. The van der Waals surface area contributed by atoms with Crippen LogP contribution in [0.1, 0.15) is 13.3 Å². The molecular formula is C11H16BrNO2. The number of anilines is 1. The second-order valence-electron chi connectivity index (χ2n) is 3.32. The number of rotatable bonds is 5. The van der Waals surface area contributed by atoms with Gasteiger partial charge in [0.1, 0.15) is 5.75 Å². The molecule has 0 aliphatic carbocycles. The van der Waals surface area contributed by atoms with Crippen LogP contribution in [0.15, 0.2) is 22.7 Å². The fraction of sp³-hybridized carbons (Fsp3) is 0.455. The summed E-state index contributed by atoms with van der Waals surface area (Å²) in [6.45, 7) is 2.50. The summed E-state index contributed by atoms with van der Waals surface area (Å²) < 4.78 is 6.09. The first-order chi connectivity index (χ1) is 7.15. The summed E-state index contributed by atoms with van der Waals surface area (Å²) in [6.07, 6.45) is 0.438. The van der Waals surface area contributed by atoms with Gasteiger partial charge < -0.3 is 15.2 Å². The molecule has 1 unspecified atom stereocenters. The number of halogens is 1. The first-order valence-corrected chi connectivity index (χ1v) is 5.71. The van der Waals surface area contributed by atoms with E-state index in [-0.39, 0.29) is 6.10 Å². The smallest absolute Gasteiger partial charge is 0.122 e. The summed E-state index contributed by atoms with van der Waals surface area (Å²) in [6, 6.07) is 5.74. The van der Waals surface area contributed by atoms with Crippen LogP contribution in [-0.2, 0) is 0 Å². The molecule has 0 amide bonds. The van der Waals surface area contributed by atoms with Crippen molar-refractivity contribution in [1.29, 1.82) is 0 Å². The summed E-state index contributed by atoms with van der Waals surface area (Å²) in [5.74, 6) is 0.790. The van der Waals surface area contributed by atoms with Crippen molar-refractivity contribution in [3.63, 3.8) is 0 Å². The van der Waals surface area contributed by atoms with Gasteiger partial charge in [0, 0.05) is 22.8 Å².